The molecule has 2 heteroatoms. The van der Waals surface area contributed by atoms with Gasteiger partial charge in [0, 0.05) is 5.56 Å². The second kappa shape index (κ2) is 5.00. The molecule has 5 rings (SSSR count). The van der Waals surface area contributed by atoms with Gasteiger partial charge in [-0.25, -0.2) is 0 Å². The second-order valence-electron chi connectivity index (χ2n) is 6.92. The highest BCUT2D eigenvalue weighted by Crippen LogP contribution is 2.50. The Kier molecular flexibility index (Phi) is 2.87. The highest BCUT2D eigenvalue weighted by Gasteiger charge is 2.54. The molecule has 2 nitrogen and oxygen atoms in total. The van der Waals surface area contributed by atoms with Crippen LogP contribution in [0.25, 0.3) is 0 Å². The van der Waals surface area contributed by atoms with Crippen molar-refractivity contribution in [2.45, 2.75) is 18.8 Å². The average molecular weight is 323 g/mol. The van der Waals surface area contributed by atoms with E-state index in [9.17, 15) is 4.79 Å². The van der Waals surface area contributed by atoms with Crippen LogP contribution in [-0.2, 0) is 11.8 Å². The number of hydrogen-bond donors (Lipinski definition) is 0. The maximum atomic E-state index is 13.6. The summed E-state index contributed by atoms with van der Waals surface area (Å²) in [6, 6.07) is 24.3. The Balaban J connectivity index is 1.81. The van der Waals surface area contributed by atoms with Crippen molar-refractivity contribution in [1.82, 2.24) is 0 Å². The van der Waals surface area contributed by atoms with Crippen molar-refractivity contribution in [3.63, 3.8) is 0 Å². The van der Waals surface area contributed by atoms with Gasteiger partial charge in [0.05, 0.1) is 11.4 Å². The number of carbonyl (C=O) groups excluding carboxylic acids is 1. The van der Waals surface area contributed by atoms with Crippen LogP contribution in [0, 0.1) is 6.92 Å². The third kappa shape index (κ3) is 1.85. The van der Waals surface area contributed by atoms with E-state index >= 15 is 0 Å². The second-order valence-corrected chi connectivity index (χ2v) is 6.92. The van der Waals surface area contributed by atoms with Gasteiger partial charge in [-0.15, -0.1) is 0 Å². The number of rotatable bonds is 1. The van der Waals surface area contributed by atoms with Gasteiger partial charge >= 0.3 is 0 Å². The van der Waals surface area contributed by atoms with Crippen LogP contribution in [0.15, 0.2) is 77.8 Å². The van der Waals surface area contributed by atoms with Crippen molar-refractivity contribution in [2.24, 2.45) is 4.99 Å². The fourth-order valence-electron chi connectivity index (χ4n) is 4.24. The van der Waals surface area contributed by atoms with Gasteiger partial charge in [0.25, 0.3) is 0 Å². The number of Topliss-reactive ketones (excluding diaryl/α,β-unsaturated/α-hetero) is 1. The summed E-state index contributed by atoms with van der Waals surface area (Å²) in [5.74, 6) is 0.176. The molecule has 1 aliphatic carbocycles. The van der Waals surface area contributed by atoms with E-state index in [0.717, 1.165) is 39.2 Å². The number of fused-ring (bicyclic) bond motifs is 3. The molecule has 0 saturated heterocycles. The molecule has 0 bridgehead atoms. The molecule has 3 aromatic rings. The Hall–Kier alpha value is -3.00. The molecule has 0 saturated carbocycles. The van der Waals surface area contributed by atoms with E-state index in [0.29, 0.717) is 6.42 Å². The van der Waals surface area contributed by atoms with Gasteiger partial charge in [-0.05, 0) is 36.1 Å². The maximum absolute atomic E-state index is 13.6. The van der Waals surface area contributed by atoms with Crippen molar-refractivity contribution in [3.05, 3.63) is 101 Å². The van der Waals surface area contributed by atoms with Crippen LogP contribution in [0.1, 0.15) is 32.6 Å². The Morgan fingerprint density at radius 2 is 1.68 bits per heavy atom. The first-order chi connectivity index (χ1) is 12.2. The van der Waals surface area contributed by atoms with Gasteiger partial charge in [0.2, 0.25) is 0 Å². The zero-order valence-electron chi connectivity index (χ0n) is 14.0. The van der Waals surface area contributed by atoms with E-state index in [1.54, 1.807) is 0 Å². The molecule has 0 fully saturated rings. The molecular weight excluding hydrogens is 306 g/mol. The van der Waals surface area contributed by atoms with E-state index < -0.39 is 5.41 Å². The van der Waals surface area contributed by atoms with E-state index in [4.69, 9.17) is 4.99 Å². The third-order valence-corrected chi connectivity index (χ3v) is 5.40. The quantitative estimate of drug-likeness (QED) is 0.632. The molecule has 0 N–H and O–H groups in total. The van der Waals surface area contributed by atoms with E-state index in [1.807, 2.05) is 42.5 Å². The van der Waals surface area contributed by atoms with Crippen molar-refractivity contribution >= 4 is 17.2 Å². The van der Waals surface area contributed by atoms with E-state index in [2.05, 4.69) is 37.3 Å². The van der Waals surface area contributed by atoms with Crippen LogP contribution in [0.3, 0.4) is 0 Å². The van der Waals surface area contributed by atoms with E-state index in [-0.39, 0.29) is 5.78 Å². The standard InChI is InChI=1S/C23H17NO/c1-15-11-12-20-19(13-15)23(21(24-20)16-7-3-2-4-8-16)14-17-9-5-6-10-18(17)22(23)25/h2-13H,14H2,1H3/t23-/m0/s1. The third-order valence-electron chi connectivity index (χ3n) is 5.40. The van der Waals surface area contributed by atoms with Crippen LogP contribution < -0.4 is 0 Å². The lowest BCUT2D eigenvalue weighted by Gasteiger charge is -2.26. The molecule has 0 unspecified atom stereocenters. The van der Waals surface area contributed by atoms with E-state index in [1.165, 1.54) is 0 Å². The summed E-state index contributed by atoms with van der Waals surface area (Å²) in [5, 5.41) is 0. The fourth-order valence-corrected chi connectivity index (χ4v) is 4.24. The van der Waals surface area contributed by atoms with Crippen molar-refractivity contribution in [2.75, 3.05) is 0 Å². The summed E-state index contributed by atoms with van der Waals surface area (Å²) < 4.78 is 0. The first-order valence-corrected chi connectivity index (χ1v) is 8.58. The first kappa shape index (κ1) is 14.4. The van der Waals surface area contributed by atoms with Gasteiger partial charge in [-0.2, -0.15) is 0 Å². The summed E-state index contributed by atoms with van der Waals surface area (Å²) in [6.45, 7) is 2.07. The van der Waals surface area contributed by atoms with Crippen molar-refractivity contribution in [3.8, 4) is 0 Å². The SMILES string of the molecule is Cc1ccc2c(c1)[C@@]1(Cc3ccccc3C1=O)C(c1ccccc1)=N2. The lowest BCUT2D eigenvalue weighted by atomic mass is 9.72. The largest absolute Gasteiger partial charge is 0.293 e. The summed E-state index contributed by atoms with van der Waals surface area (Å²) >= 11 is 0. The molecule has 1 spiro atoms. The molecule has 0 amide bonds. The molecule has 25 heavy (non-hydrogen) atoms. The Morgan fingerprint density at radius 1 is 0.920 bits per heavy atom. The van der Waals surface area contributed by atoms with Crippen LogP contribution >= 0.6 is 0 Å². The smallest absolute Gasteiger partial charge is 0.180 e. The monoisotopic (exact) mass is 323 g/mol. The summed E-state index contributed by atoms with van der Waals surface area (Å²) in [4.78, 5) is 18.5. The molecule has 0 radical (unpaired) electrons. The highest BCUT2D eigenvalue weighted by molar-refractivity contribution is 6.31. The lowest BCUT2D eigenvalue weighted by molar-refractivity contribution is 0.0947. The average Bonchev–Trinajstić information content (AvgIpc) is 3.12. The summed E-state index contributed by atoms with van der Waals surface area (Å²) in [6.07, 6.45) is 0.687. The molecule has 0 aromatic heterocycles. The zero-order chi connectivity index (χ0) is 17.0. The molecular formula is C23H17NO. The number of nitrogens with zero attached hydrogens (tertiary/aromatic N) is 1. The Labute approximate surface area is 146 Å². The van der Waals surface area contributed by atoms with Crippen molar-refractivity contribution < 1.29 is 4.79 Å². The molecule has 3 aromatic carbocycles. The maximum Gasteiger partial charge on any atom is 0.180 e. The van der Waals surface area contributed by atoms with Crippen LogP contribution in [0.5, 0.6) is 0 Å². The Bertz CT molecular complexity index is 1050. The predicted molar refractivity (Wildman–Crippen MR) is 100.0 cm³/mol. The minimum absolute atomic E-state index is 0.176. The normalized spacial score (nSPS) is 20.5. The fraction of sp³-hybridized carbons (Fsp3) is 0.130. The molecule has 1 aliphatic heterocycles. The zero-order valence-corrected chi connectivity index (χ0v) is 14.0. The summed E-state index contributed by atoms with van der Waals surface area (Å²) in [5.41, 5.74) is 6.30. The van der Waals surface area contributed by atoms with Crippen LogP contribution in [0.2, 0.25) is 0 Å². The number of aryl methyl sites for hydroxylation is 1. The Morgan fingerprint density at radius 3 is 2.48 bits per heavy atom. The topological polar surface area (TPSA) is 29.4 Å². The lowest BCUT2D eigenvalue weighted by Crippen LogP contribution is -2.40. The van der Waals surface area contributed by atoms with Gasteiger partial charge in [-0.3, -0.25) is 9.79 Å². The van der Waals surface area contributed by atoms with Crippen LogP contribution in [0.4, 0.5) is 5.69 Å². The molecule has 1 heterocycles. The number of ketones is 1. The molecule has 2 aliphatic rings. The van der Waals surface area contributed by atoms with Gasteiger partial charge in [0.15, 0.2) is 5.78 Å². The molecule has 120 valence electrons. The summed E-state index contributed by atoms with van der Waals surface area (Å²) in [7, 11) is 0. The van der Waals surface area contributed by atoms with Crippen molar-refractivity contribution in [1.29, 1.82) is 0 Å². The predicted octanol–water partition coefficient (Wildman–Crippen LogP) is 4.81. The first-order valence-electron chi connectivity index (χ1n) is 8.58. The van der Waals surface area contributed by atoms with Gasteiger partial charge < -0.3 is 0 Å². The highest BCUT2D eigenvalue weighted by atomic mass is 16.1. The number of hydrogen-bond acceptors (Lipinski definition) is 2. The minimum Gasteiger partial charge on any atom is -0.293 e. The number of aliphatic imine (C=N–C) groups is 1. The van der Waals surface area contributed by atoms with Gasteiger partial charge in [-0.1, -0.05) is 72.3 Å². The van der Waals surface area contributed by atoms with Gasteiger partial charge in [0.1, 0.15) is 5.41 Å². The molecule has 1 atom stereocenters. The van der Waals surface area contributed by atoms with Crippen LogP contribution in [-0.4, -0.2) is 11.5 Å². The number of benzene rings is 3. The minimum atomic E-state index is -0.688. The number of carbonyl (C=O) groups is 1.